The Bertz CT molecular complexity index is 1160. The zero-order valence-electron chi connectivity index (χ0n) is 16.7. The Labute approximate surface area is 175 Å². The lowest BCUT2D eigenvalue weighted by Crippen LogP contribution is -2.42. The predicted octanol–water partition coefficient (Wildman–Crippen LogP) is 3.03. The van der Waals surface area contributed by atoms with Crippen LogP contribution in [0.4, 0.5) is 4.39 Å². The third kappa shape index (κ3) is 4.11. The molecule has 1 saturated heterocycles. The molecule has 0 unspecified atom stereocenters. The average molecular weight is 430 g/mol. The van der Waals surface area contributed by atoms with E-state index in [9.17, 15) is 17.6 Å². The lowest BCUT2D eigenvalue weighted by molar-refractivity contribution is -0.126. The first-order valence-electron chi connectivity index (χ1n) is 9.92. The van der Waals surface area contributed by atoms with Crippen molar-refractivity contribution in [2.45, 2.75) is 24.3 Å². The van der Waals surface area contributed by atoms with Crippen molar-refractivity contribution in [3.63, 3.8) is 0 Å². The van der Waals surface area contributed by atoms with Gasteiger partial charge in [0.25, 0.3) is 0 Å². The predicted molar refractivity (Wildman–Crippen MR) is 113 cm³/mol. The molecular weight excluding hydrogens is 405 g/mol. The largest absolute Gasteiger partial charge is 0.352 e. The number of sulfonamides is 1. The van der Waals surface area contributed by atoms with Gasteiger partial charge in [0.2, 0.25) is 15.9 Å². The van der Waals surface area contributed by atoms with Gasteiger partial charge in [0, 0.05) is 49.7 Å². The maximum absolute atomic E-state index is 13.0. The molecule has 158 valence electrons. The van der Waals surface area contributed by atoms with Gasteiger partial charge in [-0.1, -0.05) is 12.1 Å². The molecule has 0 bridgehead atoms. The van der Waals surface area contributed by atoms with Crippen LogP contribution in [0.1, 0.15) is 18.4 Å². The monoisotopic (exact) mass is 429 g/mol. The number of carbonyl (C=O) groups excluding carboxylic acids is 1. The molecule has 2 aromatic carbocycles. The molecule has 1 amide bonds. The molecular formula is C22H24FN3O3S. The van der Waals surface area contributed by atoms with Crippen molar-refractivity contribution < 1.29 is 17.6 Å². The van der Waals surface area contributed by atoms with Crippen molar-refractivity contribution in [2.75, 3.05) is 13.1 Å². The highest BCUT2D eigenvalue weighted by Gasteiger charge is 2.32. The molecule has 1 aliphatic heterocycles. The molecule has 6 nitrogen and oxygen atoms in total. The van der Waals surface area contributed by atoms with Crippen LogP contribution in [0.15, 0.2) is 59.6 Å². The van der Waals surface area contributed by atoms with Gasteiger partial charge in [-0.05, 0) is 54.8 Å². The lowest BCUT2D eigenvalue weighted by Gasteiger charge is -2.30. The molecule has 0 aliphatic carbocycles. The van der Waals surface area contributed by atoms with Crippen LogP contribution in [0.3, 0.4) is 0 Å². The van der Waals surface area contributed by atoms with Crippen LogP contribution in [-0.2, 0) is 28.4 Å². The molecule has 0 radical (unpaired) electrons. The summed E-state index contributed by atoms with van der Waals surface area (Å²) >= 11 is 0. The van der Waals surface area contributed by atoms with E-state index < -0.39 is 10.0 Å². The van der Waals surface area contributed by atoms with Crippen molar-refractivity contribution in [1.82, 2.24) is 14.2 Å². The Morgan fingerprint density at radius 3 is 2.50 bits per heavy atom. The summed E-state index contributed by atoms with van der Waals surface area (Å²) in [6.45, 7) is 0.947. The van der Waals surface area contributed by atoms with Gasteiger partial charge in [-0.15, -0.1) is 0 Å². The van der Waals surface area contributed by atoms with Gasteiger partial charge in [0.1, 0.15) is 5.82 Å². The van der Waals surface area contributed by atoms with Crippen LogP contribution in [0.5, 0.6) is 0 Å². The van der Waals surface area contributed by atoms with Gasteiger partial charge in [0.15, 0.2) is 0 Å². The summed E-state index contributed by atoms with van der Waals surface area (Å²) in [6, 6.07) is 13.0. The van der Waals surface area contributed by atoms with Gasteiger partial charge in [0.05, 0.1) is 4.90 Å². The summed E-state index contributed by atoms with van der Waals surface area (Å²) in [7, 11) is -1.68. The van der Waals surface area contributed by atoms with E-state index in [-0.39, 0.29) is 22.5 Å². The number of nitrogens with one attached hydrogen (secondary N) is 1. The highest BCUT2D eigenvalue weighted by Crippen LogP contribution is 2.26. The molecule has 30 heavy (non-hydrogen) atoms. The molecule has 8 heteroatoms. The summed E-state index contributed by atoms with van der Waals surface area (Å²) in [5.74, 6) is -0.638. The second kappa shape index (κ2) is 8.20. The lowest BCUT2D eigenvalue weighted by atomic mass is 9.97. The van der Waals surface area contributed by atoms with Gasteiger partial charge in [-0.3, -0.25) is 4.79 Å². The Morgan fingerprint density at radius 2 is 1.80 bits per heavy atom. The number of aromatic nitrogens is 1. The van der Waals surface area contributed by atoms with Crippen molar-refractivity contribution in [1.29, 1.82) is 0 Å². The third-order valence-corrected chi connectivity index (χ3v) is 7.59. The van der Waals surface area contributed by atoms with Crippen LogP contribution >= 0.6 is 0 Å². The van der Waals surface area contributed by atoms with Crippen molar-refractivity contribution >= 4 is 26.8 Å². The van der Waals surface area contributed by atoms with E-state index in [1.165, 1.54) is 16.4 Å². The number of halogens is 1. The Kier molecular flexibility index (Phi) is 5.62. The standard InChI is InChI=1S/C22H24FN3O3S/c1-25-11-8-18-14-20(6-7-21(18)25)30(28,29)26-12-9-17(10-13-26)22(27)24-15-16-2-4-19(23)5-3-16/h2-8,11,14,17H,9-10,12-13,15H2,1H3,(H,24,27). The quantitative estimate of drug-likeness (QED) is 0.678. The minimum atomic E-state index is -3.60. The summed E-state index contributed by atoms with van der Waals surface area (Å²) in [5, 5.41) is 3.75. The molecule has 3 aromatic rings. The molecule has 0 atom stereocenters. The van der Waals surface area contributed by atoms with E-state index in [4.69, 9.17) is 0 Å². The van der Waals surface area contributed by atoms with E-state index in [0.717, 1.165) is 16.5 Å². The fraction of sp³-hybridized carbons (Fsp3) is 0.318. The van der Waals surface area contributed by atoms with Crippen LogP contribution in [-0.4, -0.2) is 36.3 Å². The second-order valence-electron chi connectivity index (χ2n) is 7.67. The summed E-state index contributed by atoms with van der Waals surface area (Å²) in [6.07, 6.45) is 2.85. The number of carbonyl (C=O) groups is 1. The fourth-order valence-electron chi connectivity index (χ4n) is 3.86. The minimum absolute atomic E-state index is 0.0953. The first-order chi connectivity index (χ1) is 14.3. The molecule has 0 saturated carbocycles. The van der Waals surface area contributed by atoms with E-state index in [1.54, 1.807) is 24.3 Å². The highest BCUT2D eigenvalue weighted by molar-refractivity contribution is 7.89. The Hall–Kier alpha value is -2.71. The number of aryl methyl sites for hydroxylation is 1. The van der Waals surface area contributed by atoms with Crippen molar-refractivity contribution in [3.8, 4) is 0 Å². The molecule has 0 spiro atoms. The summed E-state index contributed by atoms with van der Waals surface area (Å²) < 4.78 is 42.5. The molecule has 1 aliphatic rings. The maximum Gasteiger partial charge on any atom is 0.243 e. The van der Waals surface area contributed by atoms with Crippen molar-refractivity contribution in [3.05, 3.63) is 66.1 Å². The zero-order chi connectivity index (χ0) is 21.3. The normalized spacial score (nSPS) is 16.1. The van der Waals surface area contributed by atoms with Crippen LogP contribution < -0.4 is 5.32 Å². The fourth-order valence-corrected chi connectivity index (χ4v) is 5.37. The number of nitrogens with zero attached hydrogens (tertiary/aromatic N) is 2. The Morgan fingerprint density at radius 1 is 1.10 bits per heavy atom. The van der Waals surface area contributed by atoms with Gasteiger partial charge in [-0.25, -0.2) is 12.8 Å². The highest BCUT2D eigenvalue weighted by atomic mass is 32.2. The van der Waals surface area contributed by atoms with E-state index in [0.29, 0.717) is 32.5 Å². The molecule has 1 aromatic heterocycles. The SMILES string of the molecule is Cn1ccc2cc(S(=O)(=O)N3CCC(C(=O)NCc4ccc(F)cc4)CC3)ccc21. The Balaban J connectivity index is 1.36. The smallest absolute Gasteiger partial charge is 0.243 e. The van der Waals surface area contributed by atoms with Crippen LogP contribution in [0.2, 0.25) is 0 Å². The number of amides is 1. The zero-order valence-corrected chi connectivity index (χ0v) is 17.5. The van der Waals surface area contributed by atoms with E-state index in [1.807, 2.05) is 29.9 Å². The number of rotatable bonds is 5. The minimum Gasteiger partial charge on any atom is -0.352 e. The molecule has 2 heterocycles. The van der Waals surface area contributed by atoms with Gasteiger partial charge < -0.3 is 9.88 Å². The number of hydrogen-bond donors (Lipinski definition) is 1. The molecule has 1 N–H and O–H groups in total. The number of benzene rings is 2. The summed E-state index contributed by atoms with van der Waals surface area (Å²) in [4.78, 5) is 12.7. The van der Waals surface area contributed by atoms with Crippen LogP contribution in [0, 0.1) is 11.7 Å². The molecule has 4 rings (SSSR count). The van der Waals surface area contributed by atoms with Gasteiger partial charge >= 0.3 is 0 Å². The maximum atomic E-state index is 13.0. The average Bonchev–Trinajstić information content (AvgIpc) is 3.13. The van der Waals surface area contributed by atoms with Gasteiger partial charge in [-0.2, -0.15) is 4.31 Å². The second-order valence-corrected chi connectivity index (χ2v) is 9.61. The number of hydrogen-bond acceptors (Lipinski definition) is 3. The number of piperidine rings is 1. The van der Waals surface area contributed by atoms with E-state index in [2.05, 4.69) is 5.32 Å². The first-order valence-corrected chi connectivity index (χ1v) is 11.4. The molecule has 1 fully saturated rings. The summed E-state index contributed by atoms with van der Waals surface area (Å²) in [5.41, 5.74) is 1.80. The topological polar surface area (TPSA) is 71.4 Å². The van der Waals surface area contributed by atoms with Crippen LogP contribution in [0.25, 0.3) is 10.9 Å². The number of fused-ring (bicyclic) bond motifs is 1. The first kappa shape index (κ1) is 20.6. The third-order valence-electron chi connectivity index (χ3n) is 5.70. The van der Waals surface area contributed by atoms with E-state index >= 15 is 0 Å². The van der Waals surface area contributed by atoms with Crippen molar-refractivity contribution in [2.24, 2.45) is 13.0 Å².